The zero-order chi connectivity index (χ0) is 13.5. The van der Waals surface area contributed by atoms with Gasteiger partial charge in [0.15, 0.2) is 5.65 Å². The smallest absolute Gasteiger partial charge is 0.228 e. The van der Waals surface area contributed by atoms with Gasteiger partial charge in [0.1, 0.15) is 17.8 Å². The lowest BCUT2D eigenvalue weighted by Gasteiger charge is -2.31. The van der Waals surface area contributed by atoms with E-state index in [2.05, 4.69) is 25.1 Å². The van der Waals surface area contributed by atoms with Gasteiger partial charge in [-0.25, -0.2) is 9.97 Å². The highest BCUT2D eigenvalue weighted by Crippen LogP contribution is 2.31. The van der Waals surface area contributed by atoms with Crippen LogP contribution in [0.5, 0.6) is 5.88 Å². The van der Waals surface area contributed by atoms with E-state index in [1.165, 1.54) is 19.2 Å². The average Bonchev–Trinajstić information content (AvgIpc) is 3.25. The number of nitrogens with zero attached hydrogens (tertiary/aromatic N) is 4. The molecular weight excluding hydrogens is 254 g/mol. The standard InChI is InChI=1S/C14H19N5O/c1-9-12-13(18-17-9)15-8-16-14(12)20-11-4-6-19(7-5-11)10-2-3-10/h8,10-11H,2-7H2,1H3,(H,15,16,17,18). The number of piperidine rings is 1. The van der Waals surface area contributed by atoms with Crippen LogP contribution in [0.25, 0.3) is 11.0 Å². The molecule has 6 nitrogen and oxygen atoms in total. The van der Waals surface area contributed by atoms with E-state index >= 15 is 0 Å². The number of ether oxygens (including phenoxy) is 1. The summed E-state index contributed by atoms with van der Waals surface area (Å²) in [7, 11) is 0. The van der Waals surface area contributed by atoms with Crippen molar-refractivity contribution >= 4 is 11.0 Å². The number of likely N-dealkylation sites (tertiary alicyclic amines) is 1. The lowest BCUT2D eigenvalue weighted by Crippen LogP contribution is -2.39. The van der Waals surface area contributed by atoms with Crippen molar-refractivity contribution in [3.8, 4) is 5.88 Å². The number of H-pyrrole nitrogens is 1. The topological polar surface area (TPSA) is 66.9 Å². The lowest BCUT2D eigenvalue weighted by atomic mass is 10.1. The molecule has 1 N–H and O–H groups in total. The van der Waals surface area contributed by atoms with Crippen LogP contribution in [-0.4, -0.2) is 50.3 Å². The Kier molecular flexibility index (Phi) is 2.84. The Morgan fingerprint density at radius 1 is 1.20 bits per heavy atom. The van der Waals surface area contributed by atoms with E-state index in [9.17, 15) is 0 Å². The zero-order valence-corrected chi connectivity index (χ0v) is 11.7. The normalized spacial score (nSPS) is 21.4. The highest BCUT2D eigenvalue weighted by Gasteiger charge is 2.32. The predicted octanol–water partition coefficient (Wildman–Crippen LogP) is 1.67. The summed E-state index contributed by atoms with van der Waals surface area (Å²) in [6.07, 6.45) is 6.71. The first-order chi connectivity index (χ1) is 9.81. The fraction of sp³-hybridized carbons (Fsp3) is 0.643. The Labute approximate surface area is 117 Å². The molecule has 20 heavy (non-hydrogen) atoms. The molecule has 2 aromatic heterocycles. The van der Waals surface area contributed by atoms with Gasteiger partial charge in [0.05, 0.1) is 0 Å². The quantitative estimate of drug-likeness (QED) is 0.921. The van der Waals surface area contributed by atoms with Crippen LogP contribution in [0, 0.1) is 6.92 Å². The maximum atomic E-state index is 6.12. The molecule has 1 aliphatic carbocycles. The Bertz CT molecular complexity index is 613. The summed E-state index contributed by atoms with van der Waals surface area (Å²) >= 11 is 0. The molecule has 6 heteroatoms. The van der Waals surface area contributed by atoms with Crippen LogP contribution in [0.4, 0.5) is 0 Å². The van der Waals surface area contributed by atoms with Crippen LogP contribution in [0.15, 0.2) is 6.33 Å². The summed E-state index contributed by atoms with van der Waals surface area (Å²) in [5.41, 5.74) is 1.65. The van der Waals surface area contributed by atoms with Crippen LogP contribution < -0.4 is 4.74 Å². The molecule has 0 radical (unpaired) electrons. The molecule has 0 spiro atoms. The monoisotopic (exact) mass is 273 g/mol. The molecule has 3 heterocycles. The molecule has 1 saturated carbocycles. The summed E-state index contributed by atoms with van der Waals surface area (Å²) in [6.45, 7) is 4.27. The first-order valence-corrected chi connectivity index (χ1v) is 7.37. The summed E-state index contributed by atoms with van der Waals surface area (Å²) < 4.78 is 6.12. The van der Waals surface area contributed by atoms with E-state index in [0.717, 1.165) is 43.1 Å². The minimum atomic E-state index is 0.261. The van der Waals surface area contributed by atoms with Gasteiger partial charge >= 0.3 is 0 Å². The van der Waals surface area contributed by atoms with Crippen molar-refractivity contribution in [2.75, 3.05) is 13.1 Å². The summed E-state index contributed by atoms with van der Waals surface area (Å²) in [4.78, 5) is 11.0. The lowest BCUT2D eigenvalue weighted by molar-refractivity contribution is 0.0942. The number of hydrogen-bond donors (Lipinski definition) is 1. The van der Waals surface area contributed by atoms with Crippen molar-refractivity contribution in [3.63, 3.8) is 0 Å². The fourth-order valence-corrected chi connectivity index (χ4v) is 3.01. The van der Waals surface area contributed by atoms with Crippen molar-refractivity contribution in [1.29, 1.82) is 0 Å². The molecule has 106 valence electrons. The summed E-state index contributed by atoms with van der Waals surface area (Å²) in [5, 5.41) is 8.01. The number of fused-ring (bicyclic) bond motifs is 1. The zero-order valence-electron chi connectivity index (χ0n) is 11.7. The molecular formula is C14H19N5O. The Hall–Kier alpha value is -1.69. The van der Waals surface area contributed by atoms with E-state index in [4.69, 9.17) is 4.74 Å². The number of hydrogen-bond acceptors (Lipinski definition) is 5. The van der Waals surface area contributed by atoms with E-state index in [-0.39, 0.29) is 6.10 Å². The van der Waals surface area contributed by atoms with Gasteiger partial charge in [0.25, 0.3) is 0 Å². The second-order valence-corrected chi connectivity index (χ2v) is 5.81. The second-order valence-electron chi connectivity index (χ2n) is 5.81. The highest BCUT2D eigenvalue weighted by atomic mass is 16.5. The van der Waals surface area contributed by atoms with E-state index in [0.29, 0.717) is 11.5 Å². The van der Waals surface area contributed by atoms with E-state index < -0.39 is 0 Å². The van der Waals surface area contributed by atoms with Gasteiger partial charge < -0.3 is 9.64 Å². The fourth-order valence-electron chi connectivity index (χ4n) is 3.01. The molecule has 1 aliphatic heterocycles. The van der Waals surface area contributed by atoms with E-state index in [1.807, 2.05) is 6.92 Å². The molecule has 0 atom stereocenters. The third kappa shape index (κ3) is 2.14. The number of aryl methyl sites for hydroxylation is 1. The molecule has 0 aromatic carbocycles. The van der Waals surface area contributed by atoms with Crippen LogP contribution >= 0.6 is 0 Å². The van der Waals surface area contributed by atoms with Gasteiger partial charge in [-0.05, 0) is 32.6 Å². The van der Waals surface area contributed by atoms with Crippen molar-refractivity contribution in [2.45, 2.75) is 44.8 Å². The Morgan fingerprint density at radius 3 is 2.75 bits per heavy atom. The van der Waals surface area contributed by atoms with Crippen LogP contribution in [0.2, 0.25) is 0 Å². The van der Waals surface area contributed by atoms with Crippen molar-refractivity contribution < 1.29 is 4.74 Å². The maximum absolute atomic E-state index is 6.12. The minimum Gasteiger partial charge on any atom is -0.474 e. The number of aromatic amines is 1. The molecule has 0 unspecified atom stereocenters. The SMILES string of the molecule is Cc1[nH]nc2ncnc(OC3CCN(C4CC4)CC3)c12. The summed E-state index contributed by atoms with van der Waals surface area (Å²) in [6, 6.07) is 0.859. The van der Waals surface area contributed by atoms with Crippen LogP contribution in [-0.2, 0) is 0 Å². The van der Waals surface area contributed by atoms with Gasteiger partial charge in [-0.1, -0.05) is 0 Å². The van der Waals surface area contributed by atoms with Crippen LogP contribution in [0.3, 0.4) is 0 Å². The predicted molar refractivity (Wildman–Crippen MR) is 74.7 cm³/mol. The van der Waals surface area contributed by atoms with Crippen molar-refractivity contribution in [2.24, 2.45) is 0 Å². The van der Waals surface area contributed by atoms with Crippen molar-refractivity contribution in [3.05, 3.63) is 12.0 Å². The minimum absolute atomic E-state index is 0.261. The number of nitrogens with one attached hydrogen (secondary N) is 1. The first kappa shape index (κ1) is 12.1. The van der Waals surface area contributed by atoms with Gasteiger partial charge in [-0.2, -0.15) is 5.10 Å². The first-order valence-electron chi connectivity index (χ1n) is 7.37. The number of aromatic nitrogens is 4. The van der Waals surface area contributed by atoms with Gasteiger partial charge in [0.2, 0.25) is 5.88 Å². The molecule has 2 aromatic rings. The molecule has 2 aliphatic rings. The molecule has 0 bridgehead atoms. The molecule has 0 amide bonds. The third-order valence-corrected chi connectivity index (χ3v) is 4.32. The molecule has 1 saturated heterocycles. The average molecular weight is 273 g/mol. The molecule has 4 rings (SSSR count). The van der Waals surface area contributed by atoms with Gasteiger partial charge in [0, 0.05) is 24.8 Å². The largest absolute Gasteiger partial charge is 0.474 e. The molecule has 2 fully saturated rings. The highest BCUT2D eigenvalue weighted by molar-refractivity contribution is 5.82. The number of rotatable bonds is 3. The van der Waals surface area contributed by atoms with Crippen molar-refractivity contribution in [1.82, 2.24) is 25.1 Å². The Balaban J connectivity index is 1.49. The van der Waals surface area contributed by atoms with Gasteiger partial charge in [-0.15, -0.1) is 0 Å². The maximum Gasteiger partial charge on any atom is 0.228 e. The third-order valence-electron chi connectivity index (χ3n) is 4.32. The van der Waals surface area contributed by atoms with Crippen LogP contribution in [0.1, 0.15) is 31.4 Å². The Morgan fingerprint density at radius 2 is 2.00 bits per heavy atom. The summed E-state index contributed by atoms with van der Waals surface area (Å²) in [5.74, 6) is 0.672. The van der Waals surface area contributed by atoms with E-state index in [1.54, 1.807) is 0 Å². The van der Waals surface area contributed by atoms with Gasteiger partial charge in [-0.3, -0.25) is 5.10 Å². The second kappa shape index (κ2) is 4.70.